The number of nitrogens with zero attached hydrogens (tertiary/aromatic N) is 3. The summed E-state index contributed by atoms with van der Waals surface area (Å²) in [6.45, 7) is 8.92. The van der Waals surface area contributed by atoms with Crippen molar-refractivity contribution in [1.29, 1.82) is 0 Å². The molecule has 2 saturated heterocycles. The molecule has 1 spiro atoms. The maximum Gasteiger partial charge on any atom is 0.0347 e. The van der Waals surface area contributed by atoms with Gasteiger partial charge in [0.05, 0.1) is 0 Å². The molecule has 3 fully saturated rings. The second kappa shape index (κ2) is 5.34. The first-order valence-electron chi connectivity index (χ1n) is 8.25. The van der Waals surface area contributed by atoms with Crippen molar-refractivity contribution in [2.24, 2.45) is 5.41 Å². The van der Waals surface area contributed by atoms with Crippen molar-refractivity contribution in [3.8, 4) is 0 Å². The van der Waals surface area contributed by atoms with Crippen LogP contribution in [0.1, 0.15) is 39.0 Å². The van der Waals surface area contributed by atoms with Crippen LogP contribution in [-0.2, 0) is 0 Å². The first-order chi connectivity index (χ1) is 9.12. The summed E-state index contributed by atoms with van der Waals surface area (Å²) >= 11 is 0. The lowest BCUT2D eigenvalue weighted by Gasteiger charge is -2.55. The standard InChI is InChI=1S/C16H31N3/c1-4-9-18(3)15-10-19(11-15)14-5-7-16(8-6-14)12-17(2)13-16/h14-15H,4-13H2,1-3H3. The molecule has 0 bridgehead atoms. The highest BCUT2D eigenvalue weighted by molar-refractivity contribution is 5.00. The Morgan fingerprint density at radius 1 is 1.16 bits per heavy atom. The number of rotatable bonds is 4. The van der Waals surface area contributed by atoms with Crippen LogP contribution in [0.5, 0.6) is 0 Å². The van der Waals surface area contributed by atoms with Crippen LogP contribution in [-0.4, -0.2) is 73.6 Å². The number of hydrogen-bond donors (Lipinski definition) is 0. The van der Waals surface area contributed by atoms with Crippen molar-refractivity contribution in [2.75, 3.05) is 46.8 Å². The van der Waals surface area contributed by atoms with E-state index in [1.807, 2.05) is 0 Å². The molecular weight excluding hydrogens is 234 g/mol. The molecule has 0 amide bonds. The van der Waals surface area contributed by atoms with Gasteiger partial charge in [-0.15, -0.1) is 0 Å². The molecule has 2 heterocycles. The highest BCUT2D eigenvalue weighted by Gasteiger charge is 2.45. The van der Waals surface area contributed by atoms with Crippen LogP contribution < -0.4 is 0 Å². The van der Waals surface area contributed by atoms with E-state index in [2.05, 4.69) is 35.7 Å². The van der Waals surface area contributed by atoms with E-state index in [4.69, 9.17) is 0 Å². The zero-order valence-electron chi connectivity index (χ0n) is 13.1. The fourth-order valence-corrected chi connectivity index (χ4v) is 4.60. The van der Waals surface area contributed by atoms with Crippen molar-refractivity contribution < 1.29 is 0 Å². The summed E-state index contributed by atoms with van der Waals surface area (Å²) in [5.74, 6) is 0. The average molecular weight is 265 g/mol. The van der Waals surface area contributed by atoms with E-state index in [1.165, 1.54) is 64.8 Å². The van der Waals surface area contributed by atoms with Gasteiger partial charge in [-0.3, -0.25) is 4.90 Å². The Morgan fingerprint density at radius 2 is 1.79 bits per heavy atom. The highest BCUT2D eigenvalue weighted by atomic mass is 15.3. The molecular formula is C16H31N3. The Balaban J connectivity index is 1.39. The van der Waals surface area contributed by atoms with Crippen molar-refractivity contribution in [2.45, 2.75) is 51.1 Å². The molecule has 0 atom stereocenters. The smallest absolute Gasteiger partial charge is 0.0347 e. The average Bonchev–Trinajstić information content (AvgIpc) is 2.28. The van der Waals surface area contributed by atoms with Gasteiger partial charge < -0.3 is 9.80 Å². The van der Waals surface area contributed by atoms with Gasteiger partial charge in [0.25, 0.3) is 0 Å². The summed E-state index contributed by atoms with van der Waals surface area (Å²) in [7, 11) is 4.56. The second-order valence-electron chi connectivity index (χ2n) is 7.49. The molecule has 1 aliphatic carbocycles. The molecule has 3 rings (SSSR count). The molecule has 0 aromatic rings. The molecule has 0 aromatic heterocycles. The Labute approximate surface area is 118 Å². The van der Waals surface area contributed by atoms with E-state index in [-0.39, 0.29) is 0 Å². The molecule has 110 valence electrons. The summed E-state index contributed by atoms with van der Waals surface area (Å²) in [5.41, 5.74) is 0.731. The summed E-state index contributed by atoms with van der Waals surface area (Å²) in [6, 6.07) is 1.74. The number of hydrogen-bond acceptors (Lipinski definition) is 3. The zero-order chi connectivity index (χ0) is 13.5. The number of likely N-dealkylation sites (tertiary alicyclic amines) is 2. The molecule has 3 aliphatic rings. The Kier molecular flexibility index (Phi) is 3.89. The third kappa shape index (κ3) is 2.70. The van der Waals surface area contributed by atoms with Crippen LogP contribution in [0.4, 0.5) is 0 Å². The van der Waals surface area contributed by atoms with Gasteiger partial charge >= 0.3 is 0 Å². The summed E-state index contributed by atoms with van der Waals surface area (Å²) in [6.07, 6.45) is 7.16. The van der Waals surface area contributed by atoms with Crippen LogP contribution in [0.2, 0.25) is 0 Å². The first-order valence-corrected chi connectivity index (χ1v) is 8.25. The maximum atomic E-state index is 2.76. The molecule has 0 N–H and O–H groups in total. The van der Waals surface area contributed by atoms with Gasteiger partial charge in [0, 0.05) is 38.3 Å². The minimum Gasteiger partial charge on any atom is -0.305 e. The van der Waals surface area contributed by atoms with E-state index in [0.717, 1.165) is 17.5 Å². The third-order valence-corrected chi connectivity index (χ3v) is 5.83. The number of likely N-dealkylation sites (N-methyl/N-ethyl adjacent to an activating group) is 1. The van der Waals surface area contributed by atoms with Crippen LogP contribution in [0.15, 0.2) is 0 Å². The molecule has 0 aromatic carbocycles. The van der Waals surface area contributed by atoms with Crippen molar-refractivity contribution in [3.05, 3.63) is 0 Å². The van der Waals surface area contributed by atoms with Crippen LogP contribution in [0, 0.1) is 5.41 Å². The Hall–Kier alpha value is -0.120. The fourth-order valence-electron chi connectivity index (χ4n) is 4.60. The predicted octanol–water partition coefficient (Wildman–Crippen LogP) is 1.89. The summed E-state index contributed by atoms with van der Waals surface area (Å²) in [4.78, 5) is 7.80. The van der Waals surface area contributed by atoms with Crippen LogP contribution in [0.25, 0.3) is 0 Å². The van der Waals surface area contributed by atoms with Gasteiger partial charge in [-0.2, -0.15) is 0 Å². The lowest BCUT2D eigenvalue weighted by atomic mass is 9.67. The summed E-state index contributed by atoms with van der Waals surface area (Å²) in [5, 5.41) is 0. The predicted molar refractivity (Wildman–Crippen MR) is 80.5 cm³/mol. The van der Waals surface area contributed by atoms with Gasteiger partial charge in [-0.25, -0.2) is 0 Å². The maximum absolute atomic E-state index is 2.76. The fraction of sp³-hybridized carbons (Fsp3) is 1.00. The van der Waals surface area contributed by atoms with Crippen molar-refractivity contribution in [1.82, 2.24) is 14.7 Å². The minimum absolute atomic E-state index is 0.731. The molecule has 0 unspecified atom stereocenters. The first kappa shape index (κ1) is 13.8. The molecule has 1 saturated carbocycles. The molecule has 3 nitrogen and oxygen atoms in total. The van der Waals surface area contributed by atoms with Crippen LogP contribution in [0.3, 0.4) is 0 Å². The Morgan fingerprint density at radius 3 is 2.32 bits per heavy atom. The SMILES string of the molecule is CCCN(C)C1CN(C2CCC3(CC2)CN(C)C3)C1. The van der Waals surface area contributed by atoms with E-state index in [1.54, 1.807) is 0 Å². The van der Waals surface area contributed by atoms with Crippen LogP contribution >= 0.6 is 0 Å². The largest absolute Gasteiger partial charge is 0.305 e. The van der Waals surface area contributed by atoms with E-state index in [0.29, 0.717) is 0 Å². The third-order valence-electron chi connectivity index (χ3n) is 5.83. The Bertz CT molecular complexity index is 295. The summed E-state index contributed by atoms with van der Waals surface area (Å²) < 4.78 is 0. The van der Waals surface area contributed by atoms with E-state index < -0.39 is 0 Å². The minimum atomic E-state index is 0.731. The highest BCUT2D eigenvalue weighted by Crippen LogP contribution is 2.44. The van der Waals surface area contributed by atoms with Gasteiger partial charge in [0.2, 0.25) is 0 Å². The monoisotopic (exact) mass is 265 g/mol. The normalized spacial score (nSPS) is 29.7. The topological polar surface area (TPSA) is 9.72 Å². The van der Waals surface area contributed by atoms with Crippen molar-refractivity contribution >= 4 is 0 Å². The van der Waals surface area contributed by atoms with Crippen molar-refractivity contribution in [3.63, 3.8) is 0 Å². The molecule has 3 heteroatoms. The lowest BCUT2D eigenvalue weighted by molar-refractivity contribution is -0.0547. The van der Waals surface area contributed by atoms with Gasteiger partial charge in [-0.1, -0.05) is 6.92 Å². The van der Waals surface area contributed by atoms with E-state index >= 15 is 0 Å². The van der Waals surface area contributed by atoms with Gasteiger partial charge in [0.15, 0.2) is 0 Å². The van der Waals surface area contributed by atoms with E-state index in [9.17, 15) is 0 Å². The zero-order valence-corrected chi connectivity index (χ0v) is 13.1. The quantitative estimate of drug-likeness (QED) is 0.768. The molecule has 0 radical (unpaired) electrons. The molecule has 19 heavy (non-hydrogen) atoms. The van der Waals surface area contributed by atoms with Gasteiger partial charge in [0.1, 0.15) is 0 Å². The second-order valence-corrected chi connectivity index (χ2v) is 7.49. The lowest BCUT2D eigenvalue weighted by Crippen LogP contribution is -2.63. The molecule has 2 aliphatic heterocycles. The van der Waals surface area contributed by atoms with Gasteiger partial charge in [-0.05, 0) is 58.2 Å².